The van der Waals surface area contributed by atoms with Crippen molar-refractivity contribution in [3.8, 4) is 5.88 Å². The normalized spacial score (nSPS) is 18.7. The molecule has 152 valence electrons. The minimum absolute atomic E-state index is 0.0266. The number of rotatable bonds is 7. The van der Waals surface area contributed by atoms with Crippen LogP contribution in [-0.4, -0.2) is 40.4 Å². The first kappa shape index (κ1) is 20.3. The van der Waals surface area contributed by atoms with Crippen molar-refractivity contribution < 1.29 is 19.1 Å². The van der Waals surface area contributed by atoms with Crippen molar-refractivity contribution in [1.29, 1.82) is 0 Å². The Morgan fingerprint density at radius 2 is 1.93 bits per heavy atom. The average Bonchev–Trinajstić information content (AvgIpc) is 2.92. The first-order valence-corrected chi connectivity index (χ1v) is 9.37. The van der Waals surface area contributed by atoms with Crippen molar-refractivity contribution in [2.24, 2.45) is 0 Å². The van der Waals surface area contributed by atoms with Gasteiger partial charge >= 0.3 is 6.03 Å². The Morgan fingerprint density at radius 3 is 2.55 bits per heavy atom. The third-order valence-corrected chi connectivity index (χ3v) is 4.57. The summed E-state index contributed by atoms with van der Waals surface area (Å²) < 4.78 is 5.48. The zero-order valence-corrected chi connectivity index (χ0v) is 16.6. The number of ether oxygens (including phenoxy) is 1. The van der Waals surface area contributed by atoms with Crippen molar-refractivity contribution in [2.75, 3.05) is 6.54 Å². The second kappa shape index (κ2) is 8.30. The molecule has 0 spiro atoms. The number of carbonyl (C=O) groups is 3. The van der Waals surface area contributed by atoms with E-state index in [-0.39, 0.29) is 19.2 Å². The monoisotopic (exact) mass is 396 g/mol. The summed E-state index contributed by atoms with van der Waals surface area (Å²) in [7, 11) is 0. The van der Waals surface area contributed by atoms with Gasteiger partial charge < -0.3 is 15.4 Å². The van der Waals surface area contributed by atoms with Crippen molar-refractivity contribution in [3.05, 3.63) is 59.8 Å². The molecular weight excluding hydrogens is 372 g/mol. The quantitative estimate of drug-likeness (QED) is 0.697. The summed E-state index contributed by atoms with van der Waals surface area (Å²) in [6, 6.07) is 11.9. The smallest absolute Gasteiger partial charge is 0.325 e. The van der Waals surface area contributed by atoms with Crippen molar-refractivity contribution >= 4 is 17.8 Å². The average molecular weight is 396 g/mol. The molecule has 1 fully saturated rings. The van der Waals surface area contributed by atoms with Crippen LogP contribution < -0.4 is 15.4 Å². The molecule has 2 N–H and O–H groups in total. The van der Waals surface area contributed by atoms with Crippen LogP contribution in [-0.2, 0) is 21.7 Å². The minimum atomic E-state index is -1.19. The van der Waals surface area contributed by atoms with Crippen LogP contribution in [0.2, 0.25) is 0 Å². The lowest BCUT2D eigenvalue weighted by Gasteiger charge is -2.22. The van der Waals surface area contributed by atoms with Gasteiger partial charge in [-0.05, 0) is 31.9 Å². The zero-order valence-electron chi connectivity index (χ0n) is 16.6. The van der Waals surface area contributed by atoms with Crippen LogP contribution in [0.4, 0.5) is 4.79 Å². The van der Waals surface area contributed by atoms with Crippen molar-refractivity contribution in [2.45, 2.75) is 39.0 Å². The number of benzene rings is 1. The minimum Gasteiger partial charge on any atom is -0.475 e. The lowest BCUT2D eigenvalue weighted by Crippen LogP contribution is -2.43. The number of hydrogen-bond acceptors (Lipinski definition) is 5. The molecule has 1 atom stereocenters. The number of nitrogens with zero attached hydrogens (tertiary/aromatic N) is 2. The molecule has 1 unspecified atom stereocenters. The van der Waals surface area contributed by atoms with Gasteiger partial charge in [0, 0.05) is 18.8 Å². The molecule has 0 saturated carbocycles. The number of imide groups is 1. The van der Waals surface area contributed by atoms with E-state index in [2.05, 4.69) is 15.6 Å². The first-order chi connectivity index (χ1) is 13.8. The van der Waals surface area contributed by atoms with E-state index in [9.17, 15) is 14.4 Å². The van der Waals surface area contributed by atoms with Gasteiger partial charge in [-0.1, -0.05) is 36.4 Å². The number of pyridine rings is 1. The van der Waals surface area contributed by atoms with Gasteiger partial charge in [-0.2, -0.15) is 0 Å². The van der Waals surface area contributed by atoms with Gasteiger partial charge in [0.05, 0.1) is 6.10 Å². The first-order valence-electron chi connectivity index (χ1n) is 9.37. The summed E-state index contributed by atoms with van der Waals surface area (Å²) >= 11 is 0. The largest absolute Gasteiger partial charge is 0.475 e. The molecule has 1 saturated heterocycles. The number of nitrogens with one attached hydrogen (secondary N) is 2. The molecule has 0 bridgehead atoms. The molecule has 29 heavy (non-hydrogen) atoms. The zero-order chi connectivity index (χ0) is 21.0. The number of urea groups is 1. The Balaban J connectivity index is 1.58. The molecule has 2 heterocycles. The summed E-state index contributed by atoms with van der Waals surface area (Å²) in [6.45, 7) is 5.33. The third-order valence-electron chi connectivity index (χ3n) is 4.57. The van der Waals surface area contributed by atoms with Crippen LogP contribution in [0.15, 0.2) is 48.7 Å². The number of amides is 4. The van der Waals surface area contributed by atoms with Crippen LogP contribution in [0.5, 0.6) is 5.88 Å². The fourth-order valence-corrected chi connectivity index (χ4v) is 3.03. The molecule has 8 nitrogen and oxygen atoms in total. The van der Waals surface area contributed by atoms with Gasteiger partial charge in [-0.25, -0.2) is 9.78 Å². The maximum atomic E-state index is 12.8. The van der Waals surface area contributed by atoms with Crippen molar-refractivity contribution in [1.82, 2.24) is 20.5 Å². The van der Waals surface area contributed by atoms with E-state index >= 15 is 0 Å². The number of hydrogen-bond donors (Lipinski definition) is 2. The Morgan fingerprint density at radius 1 is 1.21 bits per heavy atom. The summed E-state index contributed by atoms with van der Waals surface area (Å²) in [4.78, 5) is 42.5. The highest BCUT2D eigenvalue weighted by Gasteiger charge is 2.49. The Hall–Kier alpha value is -3.42. The van der Waals surface area contributed by atoms with Crippen LogP contribution in [0.1, 0.15) is 31.9 Å². The number of carbonyl (C=O) groups excluding carboxylic acids is 3. The van der Waals surface area contributed by atoms with E-state index in [1.807, 2.05) is 19.9 Å². The summed E-state index contributed by atoms with van der Waals surface area (Å²) in [5.41, 5.74) is 0.256. The Kier molecular flexibility index (Phi) is 5.81. The lowest BCUT2D eigenvalue weighted by molar-refractivity contribution is -0.134. The molecule has 3 rings (SSSR count). The van der Waals surface area contributed by atoms with E-state index in [1.165, 1.54) is 0 Å². The predicted molar refractivity (Wildman–Crippen MR) is 106 cm³/mol. The molecule has 1 aliphatic rings. The van der Waals surface area contributed by atoms with Gasteiger partial charge in [-0.15, -0.1) is 0 Å². The highest BCUT2D eigenvalue weighted by atomic mass is 16.5. The number of aromatic nitrogens is 1. The van der Waals surface area contributed by atoms with E-state index < -0.39 is 23.4 Å². The van der Waals surface area contributed by atoms with Gasteiger partial charge in [0.2, 0.25) is 11.8 Å². The third kappa shape index (κ3) is 4.53. The van der Waals surface area contributed by atoms with E-state index in [1.54, 1.807) is 49.5 Å². The summed E-state index contributed by atoms with van der Waals surface area (Å²) in [6.07, 6.45) is 1.64. The second-order valence-electron chi connectivity index (χ2n) is 7.26. The Labute approximate surface area is 169 Å². The van der Waals surface area contributed by atoms with Crippen molar-refractivity contribution in [3.63, 3.8) is 0 Å². The maximum Gasteiger partial charge on any atom is 0.325 e. The molecule has 0 radical (unpaired) electrons. The Bertz CT molecular complexity index is 899. The van der Waals surface area contributed by atoms with Gasteiger partial charge in [0.1, 0.15) is 12.1 Å². The van der Waals surface area contributed by atoms with Crippen LogP contribution in [0.3, 0.4) is 0 Å². The molecule has 2 aromatic rings. The fraction of sp³-hybridized carbons (Fsp3) is 0.333. The van der Waals surface area contributed by atoms with E-state index in [0.29, 0.717) is 11.4 Å². The van der Waals surface area contributed by atoms with Crippen LogP contribution >= 0.6 is 0 Å². The van der Waals surface area contributed by atoms with Gasteiger partial charge in [-0.3, -0.25) is 14.5 Å². The standard InChI is InChI=1S/C21H24N4O4/c1-14(2)29-18-10-9-15(12-23-18)11-22-17(26)13-25-19(27)21(3,24-20(25)28)16-7-5-4-6-8-16/h4-10,12,14H,11,13H2,1-3H3,(H,22,26)(H,24,28). The van der Waals surface area contributed by atoms with Crippen LogP contribution in [0, 0.1) is 0 Å². The molecule has 1 aromatic heterocycles. The predicted octanol–water partition coefficient (Wildman–Crippen LogP) is 1.95. The maximum absolute atomic E-state index is 12.8. The molecular formula is C21H24N4O4. The summed E-state index contributed by atoms with van der Waals surface area (Å²) in [5.74, 6) is -0.386. The van der Waals surface area contributed by atoms with E-state index in [4.69, 9.17) is 4.74 Å². The van der Waals surface area contributed by atoms with E-state index in [0.717, 1.165) is 10.5 Å². The van der Waals surface area contributed by atoms with Gasteiger partial charge in [0.25, 0.3) is 5.91 Å². The molecule has 1 aliphatic heterocycles. The molecule has 1 aromatic carbocycles. The van der Waals surface area contributed by atoms with Gasteiger partial charge in [0.15, 0.2) is 0 Å². The highest BCUT2D eigenvalue weighted by Crippen LogP contribution is 2.28. The summed E-state index contributed by atoms with van der Waals surface area (Å²) in [5, 5.41) is 5.38. The molecule has 4 amide bonds. The van der Waals surface area contributed by atoms with Crippen LogP contribution in [0.25, 0.3) is 0 Å². The molecule has 0 aliphatic carbocycles. The topological polar surface area (TPSA) is 101 Å². The second-order valence-corrected chi connectivity index (χ2v) is 7.26. The highest BCUT2D eigenvalue weighted by molar-refractivity contribution is 6.09. The SMILES string of the molecule is CC(C)Oc1ccc(CNC(=O)CN2C(=O)NC(C)(c3ccccc3)C2=O)cn1. The lowest BCUT2D eigenvalue weighted by atomic mass is 9.92. The molecule has 8 heteroatoms. The fourth-order valence-electron chi connectivity index (χ4n) is 3.03.